The van der Waals surface area contributed by atoms with Crippen LogP contribution in [0, 0.1) is 0 Å². The van der Waals surface area contributed by atoms with Gasteiger partial charge in [-0.1, -0.05) is 0 Å². The molecule has 6 nitrogen and oxygen atoms in total. The number of aromatic nitrogens is 3. The zero-order chi connectivity index (χ0) is 13.4. The molecular weight excluding hydrogens is 310 g/mol. The van der Waals surface area contributed by atoms with E-state index in [0.717, 1.165) is 35.6 Å². The van der Waals surface area contributed by atoms with Crippen LogP contribution in [0.25, 0.3) is 5.65 Å². The molecule has 19 heavy (non-hydrogen) atoms. The van der Waals surface area contributed by atoms with Crippen molar-refractivity contribution >= 4 is 33.3 Å². The minimum Gasteiger partial charge on any atom is -0.344 e. The highest BCUT2D eigenvalue weighted by Gasteiger charge is 2.22. The van der Waals surface area contributed by atoms with E-state index in [2.05, 4.69) is 25.9 Å². The minimum absolute atomic E-state index is 0.115. The number of halogens is 1. The monoisotopic (exact) mass is 323 g/mol. The van der Waals surface area contributed by atoms with Crippen molar-refractivity contribution in [3.63, 3.8) is 0 Å². The van der Waals surface area contributed by atoms with Gasteiger partial charge in [0, 0.05) is 38.7 Å². The second kappa shape index (κ2) is 4.80. The van der Waals surface area contributed by atoms with Crippen LogP contribution < -0.4 is 4.90 Å². The molecule has 1 aliphatic heterocycles. The fraction of sp³-hybridized carbons (Fsp3) is 0.417. The van der Waals surface area contributed by atoms with Crippen LogP contribution in [0.5, 0.6) is 0 Å². The number of hydrogen-bond acceptors (Lipinski definition) is 4. The molecule has 0 N–H and O–H groups in total. The Bertz CT molecular complexity index is 626. The van der Waals surface area contributed by atoms with Crippen LogP contribution in [-0.4, -0.2) is 51.9 Å². The Balaban J connectivity index is 2.03. The summed E-state index contributed by atoms with van der Waals surface area (Å²) in [5.74, 6) is 0.868. The number of imidazole rings is 1. The maximum Gasteiger partial charge on any atom is 0.241 e. The quantitative estimate of drug-likeness (QED) is 0.790. The predicted octanol–water partition coefficient (Wildman–Crippen LogP) is 1.16. The van der Waals surface area contributed by atoms with Gasteiger partial charge in [-0.2, -0.15) is 0 Å². The highest BCUT2D eigenvalue weighted by molar-refractivity contribution is 9.10. The lowest BCUT2D eigenvalue weighted by atomic mass is 10.4. The van der Waals surface area contributed by atoms with Crippen LogP contribution >= 0.6 is 15.9 Å². The van der Waals surface area contributed by atoms with Gasteiger partial charge in [0.2, 0.25) is 5.91 Å². The predicted molar refractivity (Wildman–Crippen MR) is 75.2 cm³/mol. The van der Waals surface area contributed by atoms with E-state index < -0.39 is 0 Å². The second-order valence-corrected chi connectivity index (χ2v) is 5.45. The largest absolute Gasteiger partial charge is 0.344 e. The van der Waals surface area contributed by atoms with Crippen LogP contribution in [0.3, 0.4) is 0 Å². The summed E-state index contributed by atoms with van der Waals surface area (Å²) >= 11 is 3.40. The SMILES string of the molecule is CN1CCCN(c2nc(Br)cn3ccnc23)CC1=O. The van der Waals surface area contributed by atoms with Crippen molar-refractivity contribution in [2.24, 2.45) is 0 Å². The van der Waals surface area contributed by atoms with Crippen molar-refractivity contribution in [3.05, 3.63) is 23.2 Å². The maximum atomic E-state index is 12.0. The van der Waals surface area contributed by atoms with E-state index in [-0.39, 0.29) is 5.91 Å². The molecule has 3 rings (SSSR count). The van der Waals surface area contributed by atoms with Gasteiger partial charge in [0.25, 0.3) is 0 Å². The third-order valence-corrected chi connectivity index (χ3v) is 3.68. The molecule has 0 saturated carbocycles. The van der Waals surface area contributed by atoms with Gasteiger partial charge in [-0.3, -0.25) is 4.79 Å². The fourth-order valence-corrected chi connectivity index (χ4v) is 2.65. The van der Waals surface area contributed by atoms with Gasteiger partial charge in [-0.05, 0) is 22.4 Å². The van der Waals surface area contributed by atoms with Gasteiger partial charge in [0.05, 0.1) is 6.54 Å². The lowest BCUT2D eigenvalue weighted by Gasteiger charge is -2.21. The zero-order valence-corrected chi connectivity index (χ0v) is 12.2. The van der Waals surface area contributed by atoms with Crippen LogP contribution in [0.2, 0.25) is 0 Å². The summed E-state index contributed by atoms with van der Waals surface area (Å²) in [6, 6.07) is 0. The number of likely N-dealkylation sites (N-methyl/N-ethyl adjacent to an activating group) is 1. The van der Waals surface area contributed by atoms with Crippen molar-refractivity contribution < 1.29 is 4.79 Å². The number of rotatable bonds is 1. The number of fused-ring (bicyclic) bond motifs is 1. The standard InChI is InChI=1S/C12H14BrN5O/c1-16-4-2-5-17(8-10(16)19)12-11-14-3-6-18(11)7-9(13)15-12/h3,6-7H,2,4-5,8H2,1H3. The van der Waals surface area contributed by atoms with Gasteiger partial charge in [-0.15, -0.1) is 0 Å². The van der Waals surface area contributed by atoms with E-state index in [4.69, 9.17) is 0 Å². The highest BCUT2D eigenvalue weighted by atomic mass is 79.9. The van der Waals surface area contributed by atoms with Gasteiger partial charge < -0.3 is 14.2 Å². The summed E-state index contributed by atoms with van der Waals surface area (Å²) in [6.45, 7) is 1.94. The fourth-order valence-electron chi connectivity index (χ4n) is 2.26. The van der Waals surface area contributed by atoms with E-state index in [1.165, 1.54) is 0 Å². The first-order valence-electron chi connectivity index (χ1n) is 6.13. The molecule has 100 valence electrons. The number of carbonyl (C=O) groups is 1. The smallest absolute Gasteiger partial charge is 0.241 e. The van der Waals surface area contributed by atoms with Crippen LogP contribution in [-0.2, 0) is 4.79 Å². The van der Waals surface area contributed by atoms with Gasteiger partial charge in [0.1, 0.15) is 4.60 Å². The number of hydrogen-bond donors (Lipinski definition) is 0. The summed E-state index contributed by atoms with van der Waals surface area (Å²) in [7, 11) is 1.84. The Labute approximate surface area is 119 Å². The van der Waals surface area contributed by atoms with Crippen LogP contribution in [0.1, 0.15) is 6.42 Å². The van der Waals surface area contributed by atoms with Crippen molar-refractivity contribution in [1.29, 1.82) is 0 Å². The van der Waals surface area contributed by atoms with Crippen LogP contribution in [0.15, 0.2) is 23.2 Å². The third-order valence-electron chi connectivity index (χ3n) is 3.30. The van der Waals surface area contributed by atoms with Crippen LogP contribution in [0.4, 0.5) is 5.82 Å². The third kappa shape index (κ3) is 2.30. The molecule has 1 aliphatic rings. The van der Waals surface area contributed by atoms with E-state index in [0.29, 0.717) is 6.54 Å². The van der Waals surface area contributed by atoms with Crippen molar-refractivity contribution in [2.75, 3.05) is 31.6 Å². The summed E-state index contributed by atoms with van der Waals surface area (Å²) in [5.41, 5.74) is 0.778. The molecule has 3 heterocycles. The highest BCUT2D eigenvalue weighted by Crippen LogP contribution is 2.22. The molecule has 7 heteroatoms. The van der Waals surface area contributed by atoms with E-state index >= 15 is 0 Å². The van der Waals surface area contributed by atoms with E-state index in [1.807, 2.05) is 28.7 Å². The maximum absolute atomic E-state index is 12.0. The molecule has 2 aromatic rings. The van der Waals surface area contributed by atoms with E-state index in [1.54, 1.807) is 11.1 Å². The average molecular weight is 324 g/mol. The van der Waals surface area contributed by atoms with Crippen molar-refractivity contribution in [1.82, 2.24) is 19.3 Å². The first-order valence-corrected chi connectivity index (χ1v) is 6.92. The Morgan fingerprint density at radius 3 is 3.05 bits per heavy atom. The molecule has 0 bridgehead atoms. The summed E-state index contributed by atoms with van der Waals surface area (Å²) in [5, 5.41) is 0. The van der Waals surface area contributed by atoms with Crippen molar-refractivity contribution in [3.8, 4) is 0 Å². The summed E-state index contributed by atoms with van der Waals surface area (Å²) in [6.07, 6.45) is 6.40. The Hall–Kier alpha value is -1.63. The average Bonchev–Trinajstić information content (AvgIpc) is 2.77. The lowest BCUT2D eigenvalue weighted by molar-refractivity contribution is -0.127. The molecule has 0 aliphatic carbocycles. The molecule has 1 fully saturated rings. The molecule has 1 amide bonds. The zero-order valence-electron chi connectivity index (χ0n) is 10.6. The Kier molecular flexibility index (Phi) is 3.14. The van der Waals surface area contributed by atoms with Gasteiger partial charge in [0.15, 0.2) is 11.5 Å². The second-order valence-electron chi connectivity index (χ2n) is 4.64. The lowest BCUT2D eigenvalue weighted by Crippen LogP contribution is -2.35. The van der Waals surface area contributed by atoms with E-state index in [9.17, 15) is 4.79 Å². The molecule has 0 aromatic carbocycles. The summed E-state index contributed by atoms with van der Waals surface area (Å²) < 4.78 is 2.64. The number of carbonyl (C=O) groups excluding carboxylic acids is 1. The molecule has 2 aromatic heterocycles. The molecule has 0 unspecified atom stereocenters. The molecule has 0 spiro atoms. The number of amides is 1. The normalized spacial score (nSPS) is 17.1. The topological polar surface area (TPSA) is 53.7 Å². The Morgan fingerprint density at radius 2 is 2.21 bits per heavy atom. The molecule has 0 atom stereocenters. The number of nitrogens with zero attached hydrogens (tertiary/aromatic N) is 5. The molecule has 1 saturated heterocycles. The molecular formula is C12H14BrN5O. The van der Waals surface area contributed by atoms with Gasteiger partial charge >= 0.3 is 0 Å². The minimum atomic E-state index is 0.115. The van der Waals surface area contributed by atoms with Crippen molar-refractivity contribution in [2.45, 2.75) is 6.42 Å². The first-order chi connectivity index (χ1) is 9.15. The molecule has 0 radical (unpaired) electrons. The number of anilines is 1. The van der Waals surface area contributed by atoms with Gasteiger partial charge in [-0.25, -0.2) is 9.97 Å². The summed E-state index contributed by atoms with van der Waals surface area (Å²) in [4.78, 5) is 24.5. The Morgan fingerprint density at radius 1 is 1.37 bits per heavy atom. The first kappa shape index (κ1) is 12.4.